The van der Waals surface area contributed by atoms with Gasteiger partial charge in [-0.15, -0.1) is 11.6 Å². The number of halogens is 1. The fourth-order valence-electron chi connectivity index (χ4n) is 1.78. The van der Waals surface area contributed by atoms with Gasteiger partial charge in [0.1, 0.15) is 17.9 Å². The number of rotatable bonds is 3. The summed E-state index contributed by atoms with van der Waals surface area (Å²) in [5, 5.41) is -0.302. The molecule has 0 aliphatic heterocycles. The average molecular weight is 268 g/mol. The molecule has 0 aliphatic rings. The Bertz CT molecular complexity index is 592. The molecule has 2 heterocycles. The van der Waals surface area contributed by atoms with Crippen molar-refractivity contribution in [1.29, 1.82) is 0 Å². The summed E-state index contributed by atoms with van der Waals surface area (Å²) in [6.07, 6.45) is 1.74. The lowest BCUT2D eigenvalue weighted by molar-refractivity contribution is -0.141. The second-order valence-electron chi connectivity index (χ2n) is 4.10. The fourth-order valence-corrected chi connectivity index (χ4v) is 1.95. The Hall–Kier alpha value is -1.62. The van der Waals surface area contributed by atoms with Gasteiger partial charge in [0.05, 0.1) is 12.5 Å². The smallest absolute Gasteiger partial charge is 0.325 e. The molecule has 0 aromatic carbocycles. The van der Waals surface area contributed by atoms with Crippen molar-refractivity contribution in [3.8, 4) is 0 Å². The van der Waals surface area contributed by atoms with Gasteiger partial charge in [-0.05, 0) is 25.5 Å². The molecule has 5 nitrogen and oxygen atoms in total. The lowest BCUT2D eigenvalue weighted by atomic mass is 10.3. The van der Waals surface area contributed by atoms with E-state index in [1.807, 2.05) is 19.9 Å². The maximum atomic E-state index is 11.4. The molecule has 2 aromatic heterocycles. The van der Waals surface area contributed by atoms with Crippen molar-refractivity contribution < 1.29 is 9.53 Å². The molecule has 2 aromatic rings. The molecule has 0 saturated heterocycles. The molecule has 2 rings (SSSR count). The Morgan fingerprint density at radius 3 is 2.94 bits per heavy atom. The first kappa shape index (κ1) is 12.8. The number of alkyl halides is 1. The van der Waals surface area contributed by atoms with Crippen LogP contribution in [0.5, 0.6) is 0 Å². The molecule has 0 fully saturated rings. The number of hydrogen-bond acceptors (Lipinski definition) is 4. The van der Waals surface area contributed by atoms with Gasteiger partial charge in [0, 0.05) is 6.20 Å². The number of carbonyl (C=O) groups is 1. The molecule has 6 heteroatoms. The third kappa shape index (κ3) is 2.31. The first-order chi connectivity index (χ1) is 8.52. The Balaban J connectivity index is 2.59. The van der Waals surface area contributed by atoms with Gasteiger partial charge in [-0.3, -0.25) is 4.79 Å². The molecule has 1 atom stereocenters. The molecule has 18 heavy (non-hydrogen) atoms. The molecule has 96 valence electrons. The summed E-state index contributed by atoms with van der Waals surface area (Å²) < 4.78 is 6.37. The third-order valence-electron chi connectivity index (χ3n) is 2.62. The summed E-state index contributed by atoms with van der Waals surface area (Å²) >= 11 is 6.08. The summed E-state index contributed by atoms with van der Waals surface area (Å²) in [6, 6.07) is 1.92. The van der Waals surface area contributed by atoms with Crippen molar-refractivity contribution in [3.63, 3.8) is 0 Å². The van der Waals surface area contributed by atoms with Crippen LogP contribution in [0.2, 0.25) is 0 Å². The van der Waals surface area contributed by atoms with Crippen molar-refractivity contribution in [2.24, 2.45) is 0 Å². The largest absolute Gasteiger partial charge is 0.468 e. The number of aromatic nitrogens is 3. The lowest BCUT2D eigenvalue weighted by Gasteiger charge is -2.08. The molecule has 0 amide bonds. The monoisotopic (exact) mass is 267 g/mol. The predicted octanol–water partition coefficient (Wildman–Crippen LogP) is 2.21. The first-order valence-corrected chi connectivity index (χ1v) is 6.00. The van der Waals surface area contributed by atoms with Gasteiger partial charge >= 0.3 is 5.97 Å². The van der Waals surface area contributed by atoms with Crippen LogP contribution in [0.15, 0.2) is 12.3 Å². The normalized spacial score (nSPS) is 12.7. The van der Waals surface area contributed by atoms with Crippen LogP contribution >= 0.6 is 11.6 Å². The number of esters is 1. The SMILES string of the molecule is COC(=O)Cn1c(C(C)Cl)nc2cc(C)cnc21. The number of imidazole rings is 1. The molecule has 0 saturated carbocycles. The average Bonchev–Trinajstić information content (AvgIpc) is 2.67. The van der Waals surface area contributed by atoms with Crippen LogP contribution < -0.4 is 0 Å². The van der Waals surface area contributed by atoms with Crippen LogP contribution in [0.1, 0.15) is 23.7 Å². The fraction of sp³-hybridized carbons (Fsp3) is 0.417. The predicted molar refractivity (Wildman–Crippen MR) is 68.5 cm³/mol. The Morgan fingerprint density at radius 2 is 2.33 bits per heavy atom. The zero-order valence-electron chi connectivity index (χ0n) is 10.5. The quantitative estimate of drug-likeness (QED) is 0.632. The second kappa shape index (κ2) is 4.94. The minimum absolute atomic E-state index is 0.0649. The number of ether oxygens (including phenoxy) is 1. The molecule has 0 radical (unpaired) electrons. The van der Waals surface area contributed by atoms with Crippen molar-refractivity contribution in [2.75, 3.05) is 7.11 Å². The van der Waals surface area contributed by atoms with Crippen molar-refractivity contribution >= 4 is 28.7 Å². The Labute approximate surface area is 110 Å². The van der Waals surface area contributed by atoms with E-state index in [9.17, 15) is 4.79 Å². The summed E-state index contributed by atoms with van der Waals surface area (Å²) in [5.41, 5.74) is 2.40. The summed E-state index contributed by atoms with van der Waals surface area (Å²) in [7, 11) is 1.35. The number of methoxy groups -OCH3 is 1. The molecular weight excluding hydrogens is 254 g/mol. The van der Waals surface area contributed by atoms with E-state index in [1.165, 1.54) is 7.11 Å². The molecule has 0 spiro atoms. The zero-order valence-corrected chi connectivity index (χ0v) is 11.2. The standard InChI is InChI=1S/C12H14ClN3O2/c1-7-4-9-12(14-5-7)16(6-10(17)18-3)11(15-9)8(2)13/h4-5,8H,6H2,1-3H3. The van der Waals surface area contributed by atoms with Crippen LogP contribution in [-0.2, 0) is 16.1 Å². The van der Waals surface area contributed by atoms with E-state index in [1.54, 1.807) is 10.8 Å². The van der Waals surface area contributed by atoms with Gasteiger partial charge in [0.25, 0.3) is 0 Å². The summed E-state index contributed by atoms with van der Waals surface area (Å²) in [5.74, 6) is 0.269. The number of nitrogens with zero attached hydrogens (tertiary/aromatic N) is 3. The third-order valence-corrected chi connectivity index (χ3v) is 2.82. The first-order valence-electron chi connectivity index (χ1n) is 5.56. The Morgan fingerprint density at radius 1 is 1.61 bits per heavy atom. The molecular formula is C12H14ClN3O2. The van der Waals surface area contributed by atoms with E-state index >= 15 is 0 Å². The van der Waals surface area contributed by atoms with E-state index in [4.69, 9.17) is 11.6 Å². The zero-order chi connectivity index (χ0) is 13.3. The highest BCUT2D eigenvalue weighted by Gasteiger charge is 2.18. The van der Waals surface area contributed by atoms with Crippen LogP contribution in [0.4, 0.5) is 0 Å². The van der Waals surface area contributed by atoms with E-state index in [-0.39, 0.29) is 17.9 Å². The van der Waals surface area contributed by atoms with Crippen molar-refractivity contribution in [3.05, 3.63) is 23.7 Å². The van der Waals surface area contributed by atoms with Gasteiger partial charge in [-0.2, -0.15) is 0 Å². The van der Waals surface area contributed by atoms with Crippen LogP contribution in [0.25, 0.3) is 11.2 Å². The minimum atomic E-state index is -0.352. The molecule has 0 bridgehead atoms. The van der Waals surface area contributed by atoms with Gasteiger partial charge in [0.15, 0.2) is 5.65 Å². The minimum Gasteiger partial charge on any atom is -0.468 e. The number of aryl methyl sites for hydroxylation is 1. The molecule has 0 aliphatic carbocycles. The van der Waals surface area contributed by atoms with Crippen molar-refractivity contribution in [1.82, 2.24) is 14.5 Å². The van der Waals surface area contributed by atoms with E-state index in [0.717, 1.165) is 11.1 Å². The van der Waals surface area contributed by atoms with Crippen LogP contribution in [0.3, 0.4) is 0 Å². The van der Waals surface area contributed by atoms with Crippen molar-refractivity contribution in [2.45, 2.75) is 25.8 Å². The highest BCUT2D eigenvalue weighted by Crippen LogP contribution is 2.23. The van der Waals surface area contributed by atoms with Gasteiger partial charge < -0.3 is 9.30 Å². The van der Waals surface area contributed by atoms with Gasteiger partial charge in [-0.1, -0.05) is 0 Å². The number of hydrogen-bond donors (Lipinski definition) is 0. The number of fused-ring (bicyclic) bond motifs is 1. The van der Waals surface area contributed by atoms with Crippen LogP contribution in [-0.4, -0.2) is 27.6 Å². The number of pyridine rings is 1. The summed E-state index contributed by atoms with van der Waals surface area (Å²) in [4.78, 5) is 20.1. The van der Waals surface area contributed by atoms with E-state index in [2.05, 4.69) is 14.7 Å². The van der Waals surface area contributed by atoms with Gasteiger partial charge in [0.2, 0.25) is 0 Å². The maximum absolute atomic E-state index is 11.4. The molecule has 1 unspecified atom stereocenters. The highest BCUT2D eigenvalue weighted by atomic mass is 35.5. The highest BCUT2D eigenvalue weighted by molar-refractivity contribution is 6.20. The van der Waals surface area contributed by atoms with E-state index < -0.39 is 0 Å². The van der Waals surface area contributed by atoms with E-state index in [0.29, 0.717) is 11.5 Å². The maximum Gasteiger partial charge on any atom is 0.325 e. The number of carbonyl (C=O) groups excluding carboxylic acids is 1. The second-order valence-corrected chi connectivity index (χ2v) is 4.76. The van der Waals surface area contributed by atoms with Crippen LogP contribution in [0, 0.1) is 6.92 Å². The topological polar surface area (TPSA) is 57.0 Å². The summed E-state index contributed by atoms with van der Waals surface area (Å²) in [6.45, 7) is 3.81. The Kier molecular flexibility index (Phi) is 3.52. The van der Waals surface area contributed by atoms with Gasteiger partial charge in [-0.25, -0.2) is 9.97 Å². The molecule has 0 N–H and O–H groups in total. The lowest BCUT2D eigenvalue weighted by Crippen LogP contribution is -2.14.